The van der Waals surface area contributed by atoms with E-state index in [1.807, 2.05) is 31.9 Å². The summed E-state index contributed by atoms with van der Waals surface area (Å²) >= 11 is 1.70. The number of nitrogens with one attached hydrogen (secondary N) is 2. The van der Waals surface area contributed by atoms with Gasteiger partial charge < -0.3 is 15.5 Å². The second kappa shape index (κ2) is 11.3. The number of nitrogens with zero attached hydrogens (tertiary/aromatic N) is 3. The minimum absolute atomic E-state index is 0. The highest BCUT2D eigenvalue weighted by molar-refractivity contribution is 14.0. The maximum atomic E-state index is 13.3. The second-order valence-electron chi connectivity index (χ2n) is 5.85. The fourth-order valence-corrected chi connectivity index (χ4v) is 3.36. The average molecular weight is 491 g/mol. The summed E-state index contributed by atoms with van der Waals surface area (Å²) in [6.07, 6.45) is 0.923. The van der Waals surface area contributed by atoms with Gasteiger partial charge in [-0.05, 0) is 38.5 Å². The third-order valence-corrected chi connectivity index (χ3v) is 4.92. The van der Waals surface area contributed by atoms with Crippen LogP contribution in [0, 0.1) is 19.7 Å². The number of hydrogen-bond acceptors (Lipinski definition) is 4. The number of guanidine groups is 1. The second-order valence-corrected chi connectivity index (χ2v) is 7.14. The third-order valence-electron chi connectivity index (χ3n) is 3.85. The van der Waals surface area contributed by atoms with Crippen molar-refractivity contribution in [2.75, 3.05) is 32.1 Å². The first kappa shape index (κ1) is 22.6. The van der Waals surface area contributed by atoms with E-state index < -0.39 is 0 Å². The van der Waals surface area contributed by atoms with Gasteiger partial charge in [0.15, 0.2) is 5.96 Å². The fraction of sp³-hybridized carbons (Fsp3) is 0.444. The molecule has 0 fully saturated rings. The summed E-state index contributed by atoms with van der Waals surface area (Å²) in [5, 5.41) is 7.70. The van der Waals surface area contributed by atoms with Crippen LogP contribution >= 0.6 is 35.3 Å². The Morgan fingerprint density at radius 2 is 2.08 bits per heavy atom. The smallest absolute Gasteiger partial charge is 0.191 e. The van der Waals surface area contributed by atoms with E-state index in [0.717, 1.165) is 48.4 Å². The van der Waals surface area contributed by atoms with E-state index in [1.54, 1.807) is 30.5 Å². The van der Waals surface area contributed by atoms with Crippen LogP contribution in [0.15, 0.2) is 29.3 Å². The molecule has 0 aliphatic carbocycles. The molecule has 0 unspecified atom stereocenters. The predicted molar refractivity (Wildman–Crippen MR) is 119 cm³/mol. The predicted octanol–water partition coefficient (Wildman–Crippen LogP) is 3.71. The molecule has 1 heterocycles. The number of aliphatic imine (C=N–C) groups is 1. The topological polar surface area (TPSA) is 52.6 Å². The Kier molecular flexibility index (Phi) is 9.85. The molecule has 0 saturated heterocycles. The van der Waals surface area contributed by atoms with Crippen LogP contribution in [-0.2, 0) is 6.54 Å². The van der Waals surface area contributed by atoms with Crippen molar-refractivity contribution in [3.8, 4) is 0 Å². The van der Waals surface area contributed by atoms with Crippen molar-refractivity contribution in [3.63, 3.8) is 0 Å². The van der Waals surface area contributed by atoms with Crippen molar-refractivity contribution < 1.29 is 4.39 Å². The average Bonchev–Trinajstić information content (AvgIpc) is 2.91. The zero-order chi connectivity index (χ0) is 18.2. The largest absolute Gasteiger partial charge is 0.374 e. The highest BCUT2D eigenvalue weighted by Gasteiger charge is 2.06. The van der Waals surface area contributed by atoms with Gasteiger partial charge in [-0.3, -0.25) is 4.99 Å². The quantitative estimate of drug-likeness (QED) is 0.269. The number of benzene rings is 1. The van der Waals surface area contributed by atoms with Gasteiger partial charge in [0.2, 0.25) is 0 Å². The van der Waals surface area contributed by atoms with Gasteiger partial charge in [0, 0.05) is 37.7 Å². The molecule has 0 aliphatic rings. The van der Waals surface area contributed by atoms with E-state index >= 15 is 0 Å². The number of anilines is 1. The molecule has 0 bridgehead atoms. The van der Waals surface area contributed by atoms with Crippen molar-refractivity contribution in [3.05, 3.63) is 45.7 Å². The molecule has 0 amide bonds. The fourth-order valence-electron chi connectivity index (χ4n) is 2.49. The van der Waals surface area contributed by atoms with Gasteiger partial charge in [-0.25, -0.2) is 9.37 Å². The lowest BCUT2D eigenvalue weighted by Gasteiger charge is -2.19. The Morgan fingerprint density at radius 1 is 1.31 bits per heavy atom. The van der Waals surface area contributed by atoms with Crippen LogP contribution in [0.5, 0.6) is 0 Å². The van der Waals surface area contributed by atoms with Crippen molar-refractivity contribution in [1.29, 1.82) is 0 Å². The Morgan fingerprint density at radius 3 is 2.69 bits per heavy atom. The number of aryl methyl sites for hydroxylation is 2. The first-order valence-corrected chi connectivity index (χ1v) is 9.15. The molecule has 1 aromatic heterocycles. The molecular weight excluding hydrogens is 464 g/mol. The van der Waals surface area contributed by atoms with Crippen LogP contribution in [0.25, 0.3) is 0 Å². The first-order valence-electron chi connectivity index (χ1n) is 8.33. The highest BCUT2D eigenvalue weighted by atomic mass is 127. The Labute approximate surface area is 176 Å². The lowest BCUT2D eigenvalue weighted by Crippen LogP contribution is -2.38. The van der Waals surface area contributed by atoms with Crippen molar-refractivity contribution in [2.45, 2.75) is 26.8 Å². The van der Waals surface area contributed by atoms with E-state index in [-0.39, 0.29) is 29.8 Å². The lowest BCUT2D eigenvalue weighted by atomic mass is 10.2. The summed E-state index contributed by atoms with van der Waals surface area (Å²) in [6, 6.07) is 6.65. The zero-order valence-corrected chi connectivity index (χ0v) is 18.8. The van der Waals surface area contributed by atoms with Gasteiger partial charge in [0.05, 0.1) is 17.2 Å². The molecule has 0 radical (unpaired) electrons. The number of thiazole rings is 1. The van der Waals surface area contributed by atoms with Crippen molar-refractivity contribution in [2.24, 2.45) is 4.99 Å². The first-order chi connectivity index (χ1) is 12.0. The molecule has 2 aromatic rings. The van der Waals surface area contributed by atoms with Gasteiger partial charge in [0.25, 0.3) is 0 Å². The van der Waals surface area contributed by atoms with Gasteiger partial charge >= 0.3 is 0 Å². The lowest BCUT2D eigenvalue weighted by molar-refractivity contribution is 0.626. The Balaban J connectivity index is 0.00000338. The maximum absolute atomic E-state index is 13.3. The summed E-state index contributed by atoms with van der Waals surface area (Å²) in [6.45, 7) is 6.39. The van der Waals surface area contributed by atoms with E-state index in [4.69, 9.17) is 0 Å². The summed E-state index contributed by atoms with van der Waals surface area (Å²) < 4.78 is 13.3. The molecule has 2 rings (SSSR count). The molecule has 0 spiro atoms. The number of hydrogen-bond donors (Lipinski definition) is 2. The van der Waals surface area contributed by atoms with Crippen LogP contribution < -0.4 is 15.5 Å². The molecule has 0 aliphatic heterocycles. The standard InChI is InChI=1S/C18H26FN5S.HI/c1-13-17(25-14(2)23-13)12-22-18(20-3)21-9-6-10-24(4)16-8-5-7-15(19)11-16;/h5,7-8,11H,6,9-10,12H2,1-4H3,(H2,20,21,22);1H. The Hall–Kier alpha value is -1.42. The summed E-state index contributed by atoms with van der Waals surface area (Å²) in [4.78, 5) is 11.9. The van der Waals surface area contributed by atoms with Gasteiger partial charge in [-0.15, -0.1) is 35.3 Å². The molecule has 0 atom stereocenters. The normalized spacial score (nSPS) is 11.0. The monoisotopic (exact) mass is 491 g/mol. The van der Waals surface area contributed by atoms with Crippen molar-refractivity contribution in [1.82, 2.24) is 15.6 Å². The van der Waals surface area contributed by atoms with E-state index in [0.29, 0.717) is 0 Å². The minimum Gasteiger partial charge on any atom is -0.374 e. The van der Waals surface area contributed by atoms with Crippen LogP contribution in [0.3, 0.4) is 0 Å². The highest BCUT2D eigenvalue weighted by Crippen LogP contribution is 2.16. The molecule has 26 heavy (non-hydrogen) atoms. The van der Waals surface area contributed by atoms with Crippen LogP contribution in [0.1, 0.15) is 22.0 Å². The Bertz CT molecular complexity index is 719. The van der Waals surface area contributed by atoms with Crippen LogP contribution in [-0.4, -0.2) is 38.1 Å². The van der Waals surface area contributed by atoms with Gasteiger partial charge in [0.1, 0.15) is 5.82 Å². The van der Waals surface area contributed by atoms with Crippen LogP contribution in [0.4, 0.5) is 10.1 Å². The van der Waals surface area contributed by atoms with E-state index in [9.17, 15) is 4.39 Å². The minimum atomic E-state index is -0.208. The van der Waals surface area contributed by atoms with E-state index in [1.165, 1.54) is 10.9 Å². The van der Waals surface area contributed by atoms with Crippen molar-refractivity contribution >= 4 is 47.0 Å². The van der Waals surface area contributed by atoms with Gasteiger partial charge in [-0.1, -0.05) is 6.07 Å². The summed E-state index contributed by atoms with van der Waals surface area (Å²) in [5.74, 6) is 0.569. The molecule has 0 saturated carbocycles. The maximum Gasteiger partial charge on any atom is 0.191 e. The number of aromatic nitrogens is 1. The molecule has 8 heteroatoms. The molecular formula is C18H27FIN5S. The molecule has 2 N–H and O–H groups in total. The summed E-state index contributed by atoms with van der Waals surface area (Å²) in [7, 11) is 3.73. The third kappa shape index (κ3) is 7.06. The number of halogens is 2. The SMILES string of the molecule is CN=C(NCCCN(C)c1cccc(F)c1)NCc1sc(C)nc1C.I. The molecule has 1 aromatic carbocycles. The van der Waals surface area contributed by atoms with Gasteiger partial charge in [-0.2, -0.15) is 0 Å². The summed E-state index contributed by atoms with van der Waals surface area (Å²) in [5.41, 5.74) is 1.96. The van der Waals surface area contributed by atoms with E-state index in [2.05, 4.69) is 20.6 Å². The molecule has 144 valence electrons. The zero-order valence-electron chi connectivity index (χ0n) is 15.7. The van der Waals surface area contributed by atoms with Crippen LogP contribution in [0.2, 0.25) is 0 Å². The number of rotatable bonds is 7. The molecule has 5 nitrogen and oxygen atoms in total.